The van der Waals surface area contributed by atoms with Gasteiger partial charge in [0.1, 0.15) is 0 Å². The van der Waals surface area contributed by atoms with E-state index < -0.39 is 6.10 Å². The maximum absolute atomic E-state index is 10.2. The summed E-state index contributed by atoms with van der Waals surface area (Å²) >= 11 is 5.85. The van der Waals surface area contributed by atoms with Crippen LogP contribution in [0.4, 0.5) is 0 Å². The molecule has 0 aliphatic heterocycles. The highest BCUT2D eigenvalue weighted by atomic mass is 35.5. The van der Waals surface area contributed by atoms with Crippen molar-refractivity contribution in [2.45, 2.75) is 33.1 Å². The van der Waals surface area contributed by atoms with Crippen LogP contribution in [-0.2, 0) is 17.9 Å². The van der Waals surface area contributed by atoms with Gasteiger partial charge in [-0.25, -0.2) is 4.98 Å². The van der Waals surface area contributed by atoms with Crippen molar-refractivity contribution in [1.29, 1.82) is 0 Å². The van der Waals surface area contributed by atoms with Crippen molar-refractivity contribution >= 4 is 22.6 Å². The number of aryl methyl sites for hydroxylation is 2. The van der Waals surface area contributed by atoms with Crippen LogP contribution >= 0.6 is 11.6 Å². The summed E-state index contributed by atoms with van der Waals surface area (Å²) in [6.45, 7) is 5.34. The van der Waals surface area contributed by atoms with Gasteiger partial charge >= 0.3 is 0 Å². The number of hydrogen-bond donors (Lipinski definition) is 1. The van der Waals surface area contributed by atoms with Gasteiger partial charge in [0.2, 0.25) is 0 Å². The summed E-state index contributed by atoms with van der Waals surface area (Å²) in [6, 6.07) is 11.7. The summed E-state index contributed by atoms with van der Waals surface area (Å²) in [5, 5.41) is 10.9. The van der Waals surface area contributed by atoms with Crippen molar-refractivity contribution in [2.75, 3.05) is 6.61 Å². The highest BCUT2D eigenvalue weighted by Crippen LogP contribution is 2.18. The number of rotatable bonds is 6. The molecule has 0 saturated carbocycles. The van der Waals surface area contributed by atoms with Crippen LogP contribution in [0, 0.1) is 13.8 Å². The van der Waals surface area contributed by atoms with Gasteiger partial charge in [0, 0.05) is 5.02 Å². The minimum Gasteiger partial charge on any atom is -0.389 e. The van der Waals surface area contributed by atoms with Crippen molar-refractivity contribution in [3.8, 4) is 0 Å². The van der Waals surface area contributed by atoms with Gasteiger partial charge < -0.3 is 14.4 Å². The second-order valence-electron chi connectivity index (χ2n) is 6.12. The van der Waals surface area contributed by atoms with Gasteiger partial charge in [-0.2, -0.15) is 0 Å². The van der Waals surface area contributed by atoms with Crippen LogP contribution in [0.3, 0.4) is 0 Å². The van der Waals surface area contributed by atoms with E-state index in [2.05, 4.69) is 31.0 Å². The molecule has 1 N–H and O–H groups in total. The van der Waals surface area contributed by atoms with E-state index in [0.29, 0.717) is 18.2 Å². The second kappa shape index (κ2) is 7.34. The normalized spacial score (nSPS) is 12.7. The fourth-order valence-electron chi connectivity index (χ4n) is 2.63. The number of hydrogen-bond acceptors (Lipinski definition) is 3. The molecule has 0 radical (unpaired) electrons. The maximum atomic E-state index is 10.2. The number of aliphatic hydroxyl groups excluding tert-OH is 1. The van der Waals surface area contributed by atoms with Gasteiger partial charge in [0.15, 0.2) is 0 Å². The number of nitrogens with zero attached hydrogens (tertiary/aromatic N) is 2. The first kappa shape index (κ1) is 17.0. The van der Waals surface area contributed by atoms with Crippen LogP contribution in [0.15, 0.2) is 42.7 Å². The van der Waals surface area contributed by atoms with E-state index in [0.717, 1.165) is 16.6 Å². The zero-order valence-corrected chi connectivity index (χ0v) is 14.6. The molecule has 0 fully saturated rings. The second-order valence-corrected chi connectivity index (χ2v) is 6.55. The van der Waals surface area contributed by atoms with Gasteiger partial charge in [0.25, 0.3) is 0 Å². The van der Waals surface area contributed by atoms with E-state index >= 15 is 0 Å². The fraction of sp³-hybridized carbons (Fsp3) is 0.316. The van der Waals surface area contributed by atoms with E-state index in [1.807, 2.05) is 28.8 Å². The lowest BCUT2D eigenvalue weighted by Gasteiger charge is -2.13. The Labute approximate surface area is 146 Å². The first-order chi connectivity index (χ1) is 11.5. The number of fused-ring (bicyclic) bond motifs is 1. The highest BCUT2D eigenvalue weighted by Gasteiger charge is 2.10. The van der Waals surface area contributed by atoms with E-state index in [-0.39, 0.29) is 6.61 Å². The number of imidazole rings is 1. The molecule has 126 valence electrons. The van der Waals surface area contributed by atoms with E-state index in [1.165, 1.54) is 11.1 Å². The molecule has 0 unspecified atom stereocenters. The molecule has 4 nitrogen and oxygen atoms in total. The Hall–Kier alpha value is -1.88. The molecule has 0 aliphatic rings. The molecule has 24 heavy (non-hydrogen) atoms. The third-order valence-corrected chi connectivity index (χ3v) is 4.39. The van der Waals surface area contributed by atoms with E-state index in [4.69, 9.17) is 16.3 Å². The van der Waals surface area contributed by atoms with Crippen LogP contribution in [0.2, 0.25) is 5.02 Å². The summed E-state index contributed by atoms with van der Waals surface area (Å²) in [6.07, 6.45) is 1.18. The molecule has 0 spiro atoms. The first-order valence-corrected chi connectivity index (χ1v) is 8.33. The van der Waals surface area contributed by atoms with Crippen molar-refractivity contribution in [3.63, 3.8) is 0 Å². The Kier molecular flexibility index (Phi) is 5.19. The van der Waals surface area contributed by atoms with Gasteiger partial charge in [0.05, 0.1) is 43.2 Å². The molecule has 2 aromatic carbocycles. The molecule has 1 aromatic heterocycles. The number of benzene rings is 2. The SMILES string of the molecule is Cc1cc2ncn(C[C@H](O)COCc3ccc(Cl)cc3)c2cc1C. The Bertz CT molecular complexity index is 827. The smallest absolute Gasteiger partial charge is 0.0959 e. The molecule has 1 atom stereocenters. The Morgan fingerprint density at radius 3 is 2.62 bits per heavy atom. The highest BCUT2D eigenvalue weighted by molar-refractivity contribution is 6.30. The number of aliphatic hydroxyl groups is 1. The molecule has 0 amide bonds. The predicted octanol–water partition coefficient (Wildman–Crippen LogP) is 3.88. The van der Waals surface area contributed by atoms with Gasteiger partial charge in [-0.3, -0.25) is 0 Å². The summed E-state index contributed by atoms with van der Waals surface area (Å²) in [4.78, 5) is 4.41. The number of aromatic nitrogens is 2. The average Bonchev–Trinajstić information content (AvgIpc) is 2.92. The molecular weight excluding hydrogens is 324 g/mol. The quantitative estimate of drug-likeness (QED) is 0.738. The van der Waals surface area contributed by atoms with E-state index in [1.54, 1.807) is 6.33 Å². The van der Waals surface area contributed by atoms with Crippen molar-refractivity contribution in [3.05, 3.63) is 64.4 Å². The Morgan fingerprint density at radius 2 is 1.88 bits per heavy atom. The third kappa shape index (κ3) is 3.96. The van der Waals surface area contributed by atoms with Crippen LogP contribution in [-0.4, -0.2) is 27.4 Å². The minimum atomic E-state index is -0.587. The predicted molar refractivity (Wildman–Crippen MR) is 96.3 cm³/mol. The van der Waals surface area contributed by atoms with E-state index in [9.17, 15) is 5.11 Å². The van der Waals surface area contributed by atoms with Gasteiger partial charge in [-0.1, -0.05) is 23.7 Å². The average molecular weight is 345 g/mol. The summed E-state index contributed by atoms with van der Waals surface area (Å²) in [5.41, 5.74) is 5.46. The lowest BCUT2D eigenvalue weighted by molar-refractivity contribution is 0.0209. The summed E-state index contributed by atoms with van der Waals surface area (Å²) in [5.74, 6) is 0. The van der Waals surface area contributed by atoms with Crippen LogP contribution in [0.1, 0.15) is 16.7 Å². The van der Waals surface area contributed by atoms with Crippen LogP contribution in [0.5, 0.6) is 0 Å². The summed E-state index contributed by atoms with van der Waals surface area (Å²) in [7, 11) is 0. The maximum Gasteiger partial charge on any atom is 0.0959 e. The summed E-state index contributed by atoms with van der Waals surface area (Å²) < 4.78 is 7.57. The zero-order chi connectivity index (χ0) is 17.1. The lowest BCUT2D eigenvalue weighted by Crippen LogP contribution is -2.21. The largest absolute Gasteiger partial charge is 0.389 e. The third-order valence-electron chi connectivity index (χ3n) is 4.14. The topological polar surface area (TPSA) is 47.3 Å². The molecule has 0 aliphatic carbocycles. The standard InChI is InChI=1S/C19H21ClN2O2/c1-13-7-18-19(8-14(13)2)22(12-21-18)9-17(23)11-24-10-15-3-5-16(20)6-4-15/h3-8,12,17,23H,9-11H2,1-2H3/t17-/m0/s1. The Morgan fingerprint density at radius 1 is 1.17 bits per heavy atom. The molecule has 0 saturated heterocycles. The zero-order valence-electron chi connectivity index (χ0n) is 13.9. The molecular formula is C19H21ClN2O2. The van der Waals surface area contributed by atoms with Crippen LogP contribution in [0.25, 0.3) is 11.0 Å². The Balaban J connectivity index is 1.57. The number of ether oxygens (including phenoxy) is 1. The molecule has 1 heterocycles. The van der Waals surface area contributed by atoms with Crippen molar-refractivity contribution < 1.29 is 9.84 Å². The van der Waals surface area contributed by atoms with Crippen molar-refractivity contribution in [1.82, 2.24) is 9.55 Å². The lowest BCUT2D eigenvalue weighted by atomic mass is 10.1. The number of halogens is 1. The molecule has 3 aromatic rings. The molecule has 0 bridgehead atoms. The first-order valence-electron chi connectivity index (χ1n) is 7.95. The monoisotopic (exact) mass is 344 g/mol. The van der Waals surface area contributed by atoms with Crippen molar-refractivity contribution in [2.24, 2.45) is 0 Å². The fourth-order valence-corrected chi connectivity index (χ4v) is 2.76. The minimum absolute atomic E-state index is 0.271. The van der Waals surface area contributed by atoms with Gasteiger partial charge in [-0.15, -0.1) is 0 Å². The van der Waals surface area contributed by atoms with Gasteiger partial charge in [-0.05, 0) is 54.8 Å². The molecule has 5 heteroatoms. The molecule has 3 rings (SSSR count). The van der Waals surface area contributed by atoms with Crippen LogP contribution < -0.4 is 0 Å².